The third-order valence-corrected chi connectivity index (χ3v) is 4.69. The molecule has 2 rings (SSSR count). The van der Waals surface area contributed by atoms with Crippen molar-refractivity contribution in [3.8, 4) is 0 Å². The Morgan fingerprint density at radius 3 is 2.07 bits per heavy atom. The highest BCUT2D eigenvalue weighted by Gasteiger charge is 2.29. The maximum Gasteiger partial charge on any atom is 0.416 e. The minimum Gasteiger partial charge on any atom is -0.357 e. The smallest absolute Gasteiger partial charge is 0.357 e. The molecule has 0 amide bonds. The molecule has 2 aromatic carbocycles. The Hall–Kier alpha value is -2.59. The summed E-state index contributed by atoms with van der Waals surface area (Å²) in [7, 11) is -3.74. The summed E-state index contributed by atoms with van der Waals surface area (Å²) in [6, 6.07) is 10.9. The molecular formula is C18H21F3N4O2S. The van der Waals surface area contributed by atoms with E-state index in [2.05, 4.69) is 15.6 Å². The third kappa shape index (κ3) is 6.54. The van der Waals surface area contributed by atoms with Crippen LogP contribution >= 0.6 is 0 Å². The van der Waals surface area contributed by atoms with Crippen molar-refractivity contribution in [3.05, 3.63) is 65.2 Å². The fourth-order valence-corrected chi connectivity index (χ4v) is 2.81. The number of rotatable bonds is 6. The zero-order valence-corrected chi connectivity index (χ0v) is 15.9. The summed E-state index contributed by atoms with van der Waals surface area (Å²) in [4.78, 5) is 4.40. The molecule has 28 heavy (non-hydrogen) atoms. The Bertz CT molecular complexity index is 909. The first-order valence-electron chi connectivity index (χ1n) is 8.39. The second-order valence-corrected chi connectivity index (χ2v) is 7.49. The average molecular weight is 414 g/mol. The number of hydrogen-bond donors (Lipinski definition) is 3. The SMILES string of the molecule is CCNC(=NCc1ccc(S(N)(=O)=O)cc1)NCc1ccc(C(F)(F)F)cc1. The van der Waals surface area contributed by atoms with Crippen molar-refractivity contribution in [1.82, 2.24) is 10.6 Å². The summed E-state index contributed by atoms with van der Waals surface area (Å²) in [5, 5.41) is 11.1. The van der Waals surface area contributed by atoms with Gasteiger partial charge in [0.15, 0.2) is 5.96 Å². The number of nitrogens with zero attached hydrogens (tertiary/aromatic N) is 1. The number of nitrogens with two attached hydrogens (primary N) is 1. The number of hydrogen-bond acceptors (Lipinski definition) is 3. The van der Waals surface area contributed by atoms with Crippen molar-refractivity contribution in [2.24, 2.45) is 10.1 Å². The van der Waals surface area contributed by atoms with Crippen molar-refractivity contribution >= 4 is 16.0 Å². The van der Waals surface area contributed by atoms with Crippen LogP contribution in [0.3, 0.4) is 0 Å². The lowest BCUT2D eigenvalue weighted by molar-refractivity contribution is -0.137. The van der Waals surface area contributed by atoms with Crippen LogP contribution < -0.4 is 15.8 Å². The van der Waals surface area contributed by atoms with Crippen molar-refractivity contribution in [1.29, 1.82) is 0 Å². The molecule has 0 heterocycles. The van der Waals surface area contributed by atoms with Gasteiger partial charge in [-0.1, -0.05) is 24.3 Å². The largest absolute Gasteiger partial charge is 0.416 e. The molecule has 0 radical (unpaired) electrons. The van der Waals surface area contributed by atoms with Crippen LogP contribution in [0, 0.1) is 0 Å². The van der Waals surface area contributed by atoms with Gasteiger partial charge in [0.05, 0.1) is 17.0 Å². The second kappa shape index (κ2) is 9.07. The van der Waals surface area contributed by atoms with Crippen molar-refractivity contribution < 1.29 is 21.6 Å². The van der Waals surface area contributed by atoms with Gasteiger partial charge in [0.25, 0.3) is 0 Å². The van der Waals surface area contributed by atoms with Gasteiger partial charge in [-0.15, -0.1) is 0 Å². The summed E-state index contributed by atoms with van der Waals surface area (Å²) in [6.07, 6.45) is -4.36. The maximum atomic E-state index is 12.6. The first-order chi connectivity index (χ1) is 13.1. The van der Waals surface area contributed by atoms with E-state index in [0.29, 0.717) is 24.6 Å². The third-order valence-electron chi connectivity index (χ3n) is 3.76. The molecule has 6 nitrogen and oxygen atoms in total. The first-order valence-corrected chi connectivity index (χ1v) is 9.94. The van der Waals surface area contributed by atoms with E-state index in [1.165, 1.54) is 24.3 Å². The highest BCUT2D eigenvalue weighted by molar-refractivity contribution is 7.89. The van der Waals surface area contributed by atoms with Gasteiger partial charge >= 0.3 is 6.18 Å². The summed E-state index contributed by atoms with van der Waals surface area (Å²) >= 11 is 0. The van der Waals surface area contributed by atoms with Crippen LogP contribution in [0.1, 0.15) is 23.6 Å². The molecule has 0 aliphatic heterocycles. The van der Waals surface area contributed by atoms with E-state index >= 15 is 0 Å². The molecule has 0 atom stereocenters. The summed E-state index contributed by atoms with van der Waals surface area (Å²) < 4.78 is 60.3. The highest BCUT2D eigenvalue weighted by atomic mass is 32.2. The molecule has 152 valence electrons. The van der Waals surface area contributed by atoms with E-state index in [0.717, 1.165) is 17.7 Å². The molecule has 0 saturated heterocycles. The molecule has 0 fully saturated rings. The molecular weight excluding hydrogens is 393 g/mol. The monoisotopic (exact) mass is 414 g/mol. The van der Waals surface area contributed by atoms with E-state index in [1.54, 1.807) is 12.1 Å². The predicted molar refractivity (Wildman–Crippen MR) is 101 cm³/mol. The molecule has 0 aliphatic carbocycles. The van der Waals surface area contributed by atoms with E-state index in [1.807, 2.05) is 6.92 Å². The number of alkyl halides is 3. The van der Waals surface area contributed by atoms with Crippen LogP contribution in [0.5, 0.6) is 0 Å². The fraction of sp³-hybridized carbons (Fsp3) is 0.278. The lowest BCUT2D eigenvalue weighted by Gasteiger charge is -2.12. The van der Waals surface area contributed by atoms with Crippen LogP contribution in [0.4, 0.5) is 13.2 Å². The molecule has 0 unspecified atom stereocenters. The minimum absolute atomic E-state index is 0.0209. The second-order valence-electron chi connectivity index (χ2n) is 5.93. The number of nitrogens with one attached hydrogen (secondary N) is 2. The zero-order chi connectivity index (χ0) is 20.8. The number of guanidine groups is 1. The number of benzene rings is 2. The Kier molecular flexibility index (Phi) is 7.03. The van der Waals surface area contributed by atoms with Gasteiger partial charge in [-0.25, -0.2) is 18.5 Å². The first kappa shape index (κ1) is 21.7. The van der Waals surface area contributed by atoms with Gasteiger partial charge in [0, 0.05) is 13.1 Å². The predicted octanol–water partition coefficient (Wildman–Crippen LogP) is 2.61. The number of aliphatic imine (C=N–C) groups is 1. The van der Waals surface area contributed by atoms with Crippen LogP contribution in [0.15, 0.2) is 58.4 Å². The lowest BCUT2D eigenvalue weighted by Crippen LogP contribution is -2.36. The Morgan fingerprint density at radius 1 is 1.00 bits per heavy atom. The molecule has 0 saturated carbocycles. The van der Waals surface area contributed by atoms with Gasteiger partial charge in [-0.05, 0) is 42.3 Å². The van der Waals surface area contributed by atoms with Gasteiger partial charge in [-0.2, -0.15) is 13.2 Å². The Balaban J connectivity index is 2.00. The zero-order valence-electron chi connectivity index (χ0n) is 15.1. The average Bonchev–Trinajstić information content (AvgIpc) is 2.63. The number of sulfonamides is 1. The number of halogens is 3. The van der Waals surface area contributed by atoms with Gasteiger partial charge in [0.2, 0.25) is 10.0 Å². The molecule has 0 spiro atoms. The highest BCUT2D eigenvalue weighted by Crippen LogP contribution is 2.29. The molecule has 0 aromatic heterocycles. The van der Waals surface area contributed by atoms with Crippen LogP contribution in [0.2, 0.25) is 0 Å². The normalized spacial score (nSPS) is 12.7. The van der Waals surface area contributed by atoms with Crippen molar-refractivity contribution in [2.45, 2.75) is 31.1 Å². The quantitative estimate of drug-likeness (QED) is 0.500. The summed E-state index contributed by atoms with van der Waals surface area (Å²) in [6.45, 7) is 3.07. The van der Waals surface area contributed by atoms with Gasteiger partial charge < -0.3 is 10.6 Å². The standard InChI is InChI=1S/C18H21F3N4O2S/c1-2-23-17(24-11-13-3-7-15(8-4-13)18(19,20)21)25-12-14-5-9-16(10-6-14)28(22,26)27/h3-10H,2,11-12H2,1H3,(H2,22,26,27)(H2,23,24,25). The van der Waals surface area contributed by atoms with Crippen molar-refractivity contribution in [2.75, 3.05) is 6.54 Å². The minimum atomic E-state index is -4.36. The Morgan fingerprint density at radius 2 is 1.57 bits per heavy atom. The summed E-state index contributed by atoms with van der Waals surface area (Å²) in [5.41, 5.74) is 0.759. The van der Waals surface area contributed by atoms with E-state index < -0.39 is 21.8 Å². The van der Waals surface area contributed by atoms with Gasteiger partial charge in [-0.3, -0.25) is 0 Å². The number of primary sulfonamides is 1. The molecule has 0 aliphatic rings. The summed E-state index contributed by atoms with van der Waals surface area (Å²) in [5.74, 6) is 0.484. The van der Waals surface area contributed by atoms with E-state index in [4.69, 9.17) is 5.14 Å². The fourth-order valence-electron chi connectivity index (χ4n) is 2.29. The van der Waals surface area contributed by atoms with E-state index in [-0.39, 0.29) is 11.4 Å². The van der Waals surface area contributed by atoms with Crippen LogP contribution in [-0.2, 0) is 29.3 Å². The topological polar surface area (TPSA) is 96.6 Å². The van der Waals surface area contributed by atoms with Crippen LogP contribution in [-0.4, -0.2) is 20.9 Å². The van der Waals surface area contributed by atoms with E-state index in [9.17, 15) is 21.6 Å². The Labute approximate surface area is 161 Å². The molecule has 10 heteroatoms. The van der Waals surface area contributed by atoms with Crippen LogP contribution in [0.25, 0.3) is 0 Å². The molecule has 0 bridgehead atoms. The molecule has 2 aromatic rings. The maximum absolute atomic E-state index is 12.6. The van der Waals surface area contributed by atoms with Crippen molar-refractivity contribution in [3.63, 3.8) is 0 Å². The lowest BCUT2D eigenvalue weighted by atomic mass is 10.1. The molecule has 4 N–H and O–H groups in total. The van der Waals surface area contributed by atoms with Gasteiger partial charge in [0.1, 0.15) is 0 Å².